The van der Waals surface area contributed by atoms with E-state index in [9.17, 15) is 38.7 Å². The summed E-state index contributed by atoms with van der Waals surface area (Å²) in [4.78, 5) is 102. The molecule has 0 radical (unpaired) electrons. The molecule has 0 aromatic heterocycles. The molecule has 4 aliphatic rings. The summed E-state index contributed by atoms with van der Waals surface area (Å²) in [6.45, 7) is 25.9. The van der Waals surface area contributed by atoms with Crippen LogP contribution in [0.15, 0.2) is 77.1 Å². The largest absolute Gasteiger partial charge is 0.493 e. The Balaban J connectivity index is 0.784. The first kappa shape index (κ1) is 84.0. The van der Waals surface area contributed by atoms with Gasteiger partial charge < -0.3 is 97.8 Å². The Morgan fingerprint density at radius 1 is 0.600 bits per heavy atom. The summed E-state index contributed by atoms with van der Waals surface area (Å²) < 4.78 is 74.5. The quantitative estimate of drug-likeness (QED) is 0.0334. The van der Waals surface area contributed by atoms with Crippen molar-refractivity contribution in [3.63, 3.8) is 0 Å². The number of aliphatic imine (C=N–C) groups is 1. The zero-order valence-corrected chi connectivity index (χ0v) is 63.1. The second-order valence-electron chi connectivity index (χ2n) is 28.1. The van der Waals surface area contributed by atoms with Crippen molar-refractivity contribution in [2.45, 2.75) is 145 Å². The lowest BCUT2D eigenvalue weighted by molar-refractivity contribution is -0.132. The number of benzene rings is 3. The highest BCUT2D eigenvalue weighted by atomic mass is 16.6. The first-order valence-electron chi connectivity index (χ1n) is 36.1. The molecule has 5 atom stereocenters. The molecule has 0 saturated carbocycles. The number of aliphatic hydroxyl groups excluding tert-OH is 1. The summed E-state index contributed by atoms with van der Waals surface area (Å²) in [5.74, 6) is -1.06. The van der Waals surface area contributed by atoms with E-state index in [2.05, 4.69) is 40.1 Å². The van der Waals surface area contributed by atoms with E-state index in [1.165, 1.54) is 38.2 Å². The SMILES string of the molecule is CCCC(=O)NCCOCCOCCOCCOCCOCCOCCOCCOCCC(=O)NC(C(=O)NC(C)C(=O)Nc1ccc(COC(=O)N2c3cc(OCC(C)(C)CC(C)(C)COc4cc5c(cc4OC)C(=O)N4C=C(C)CC4C=N5)c(OC)cc3C(=O)N3C=C(C)CC3C2O)cc1)C(C)C. The zero-order chi connectivity index (χ0) is 76.1. The molecule has 3 aromatic carbocycles. The first-order valence-corrected chi connectivity index (χ1v) is 36.1. The number of aliphatic hydroxyl groups is 1. The molecule has 3 aromatic rings. The van der Waals surface area contributed by atoms with Crippen LogP contribution in [0.2, 0.25) is 0 Å². The maximum atomic E-state index is 14.4. The predicted octanol–water partition coefficient (Wildman–Crippen LogP) is 8.06. The lowest BCUT2D eigenvalue weighted by Gasteiger charge is -2.35. The van der Waals surface area contributed by atoms with E-state index in [-0.39, 0.29) is 86.0 Å². The van der Waals surface area contributed by atoms with Crippen LogP contribution in [0.1, 0.15) is 134 Å². The Hall–Kier alpha value is -8.26. The van der Waals surface area contributed by atoms with E-state index < -0.39 is 64.9 Å². The van der Waals surface area contributed by atoms with Crippen LogP contribution in [-0.4, -0.2) is 233 Å². The molecule has 4 aliphatic heterocycles. The summed E-state index contributed by atoms with van der Waals surface area (Å²) in [6, 6.07) is 10.0. The highest BCUT2D eigenvalue weighted by Crippen LogP contribution is 2.45. The molecule has 4 heterocycles. The standard InChI is InChI=1S/C76H110N8O21/c1-13-14-66(85)77-20-22-96-24-26-98-28-30-100-32-34-102-36-35-101-33-31-99-29-27-97-25-23-95-21-19-67(86)81-68(50(2)3)70(88)79-53(6)69(87)80-55-17-15-54(16-18-55)46-103-74(92)84-60-42-65(63(94-12)40-58(60)72(90)83-45-52(5)38-61(83)73(84)91)105-49-76(9,10)47-75(7,8)48-104-64-41-59-57(39-62(64)93-11)71(89)82-44-51(4)37-56(82)43-78-59/h15-18,39-45,50,53,56,61,68,73,91H,13-14,19-38,46-49H2,1-12H3,(H,77,85)(H,79,88)(H,80,87)(H,81,86). The van der Waals surface area contributed by atoms with E-state index in [0.717, 1.165) is 22.5 Å². The van der Waals surface area contributed by atoms with Crippen molar-refractivity contribution in [3.05, 3.63) is 88.8 Å². The molecule has 580 valence electrons. The van der Waals surface area contributed by atoms with Gasteiger partial charge in [0.15, 0.2) is 29.2 Å². The number of hydrogen-bond acceptors (Lipinski definition) is 22. The first-order chi connectivity index (χ1) is 50.3. The van der Waals surface area contributed by atoms with Crippen molar-refractivity contribution < 1.29 is 100 Å². The van der Waals surface area contributed by atoms with E-state index in [4.69, 9.17) is 61.6 Å². The minimum Gasteiger partial charge on any atom is -0.493 e. The van der Waals surface area contributed by atoms with Crippen LogP contribution in [0.5, 0.6) is 23.0 Å². The Labute approximate surface area is 616 Å². The van der Waals surface area contributed by atoms with Crippen LogP contribution in [-0.2, 0) is 68.4 Å². The maximum Gasteiger partial charge on any atom is 0.416 e. The molecule has 29 nitrogen and oxygen atoms in total. The molecule has 7 rings (SSSR count). The summed E-state index contributed by atoms with van der Waals surface area (Å²) in [5, 5.41) is 23.1. The minimum absolute atomic E-state index is 0.00576. The molecule has 0 bridgehead atoms. The van der Waals surface area contributed by atoms with Gasteiger partial charge in [0.1, 0.15) is 18.7 Å². The monoisotopic (exact) mass is 1470 g/mol. The third kappa shape index (κ3) is 26.3. The highest BCUT2D eigenvalue weighted by Gasteiger charge is 2.46. The average Bonchev–Trinajstić information content (AvgIpc) is 1.62. The van der Waals surface area contributed by atoms with Gasteiger partial charge in [-0.05, 0) is 93.0 Å². The number of nitrogens with zero attached hydrogens (tertiary/aromatic N) is 4. The summed E-state index contributed by atoms with van der Waals surface area (Å²) in [6.07, 6.45) is 5.79. The lowest BCUT2D eigenvalue weighted by Crippen LogP contribution is -2.53. The summed E-state index contributed by atoms with van der Waals surface area (Å²) in [7, 11) is 2.98. The van der Waals surface area contributed by atoms with Crippen molar-refractivity contribution in [2.75, 3.05) is 150 Å². The summed E-state index contributed by atoms with van der Waals surface area (Å²) >= 11 is 0. The van der Waals surface area contributed by atoms with Crippen molar-refractivity contribution in [1.29, 1.82) is 0 Å². The van der Waals surface area contributed by atoms with Crippen molar-refractivity contribution in [2.24, 2.45) is 21.7 Å². The Morgan fingerprint density at radius 2 is 1.10 bits per heavy atom. The van der Waals surface area contributed by atoms with Crippen LogP contribution >= 0.6 is 0 Å². The third-order valence-corrected chi connectivity index (χ3v) is 17.4. The van der Waals surface area contributed by atoms with Crippen LogP contribution in [0.4, 0.5) is 21.9 Å². The van der Waals surface area contributed by atoms with E-state index in [1.54, 1.807) is 67.6 Å². The van der Waals surface area contributed by atoms with Crippen molar-refractivity contribution in [3.8, 4) is 23.0 Å². The molecule has 5 N–H and O–H groups in total. The normalized spacial score (nSPS) is 16.8. The second kappa shape index (κ2) is 42.2. The number of amides is 7. The van der Waals surface area contributed by atoms with Gasteiger partial charge in [0, 0.05) is 55.8 Å². The third-order valence-electron chi connectivity index (χ3n) is 17.4. The average molecular weight is 1470 g/mol. The number of carbonyl (C=O) groups excluding carboxylic acids is 7. The molecular weight excluding hydrogens is 1360 g/mol. The van der Waals surface area contributed by atoms with Crippen LogP contribution < -0.4 is 45.1 Å². The fraction of sp³-hybridized carbons (Fsp3) is 0.605. The molecular formula is C76H110N8O21. The van der Waals surface area contributed by atoms with Gasteiger partial charge in [0.25, 0.3) is 11.8 Å². The number of nitrogens with one attached hydrogen (secondary N) is 4. The fourth-order valence-corrected chi connectivity index (χ4v) is 12.3. The molecule has 105 heavy (non-hydrogen) atoms. The minimum atomic E-state index is -1.54. The number of anilines is 2. The van der Waals surface area contributed by atoms with E-state index >= 15 is 0 Å². The smallest absolute Gasteiger partial charge is 0.416 e. The maximum absolute atomic E-state index is 14.4. The zero-order valence-electron chi connectivity index (χ0n) is 63.1. The molecule has 0 fully saturated rings. The van der Waals surface area contributed by atoms with Gasteiger partial charge in [0.05, 0.1) is 168 Å². The fourth-order valence-electron chi connectivity index (χ4n) is 12.3. The van der Waals surface area contributed by atoms with Gasteiger partial charge in [-0.2, -0.15) is 0 Å². The Morgan fingerprint density at radius 3 is 1.65 bits per heavy atom. The van der Waals surface area contributed by atoms with Crippen molar-refractivity contribution >= 4 is 64.8 Å². The van der Waals surface area contributed by atoms with Crippen LogP contribution in [0.3, 0.4) is 0 Å². The van der Waals surface area contributed by atoms with Gasteiger partial charge in [-0.3, -0.25) is 33.8 Å². The topological polar surface area (TPSA) is 330 Å². The molecule has 5 unspecified atom stereocenters. The van der Waals surface area contributed by atoms with Gasteiger partial charge in [-0.25, -0.2) is 9.69 Å². The number of hydrogen-bond donors (Lipinski definition) is 5. The number of ether oxygens (including phenoxy) is 13. The number of fused-ring (bicyclic) bond motifs is 4. The van der Waals surface area contributed by atoms with Gasteiger partial charge in [-0.1, -0.05) is 71.7 Å². The van der Waals surface area contributed by atoms with Gasteiger partial charge in [-0.15, -0.1) is 0 Å². The van der Waals surface area contributed by atoms with Crippen LogP contribution in [0.25, 0.3) is 0 Å². The van der Waals surface area contributed by atoms with E-state index in [1.807, 2.05) is 40.8 Å². The van der Waals surface area contributed by atoms with E-state index in [0.29, 0.717) is 159 Å². The van der Waals surface area contributed by atoms with Crippen molar-refractivity contribution in [1.82, 2.24) is 25.8 Å². The number of carbonyl (C=O) groups is 7. The summed E-state index contributed by atoms with van der Waals surface area (Å²) in [5.41, 5.74) is 2.96. The van der Waals surface area contributed by atoms with Crippen LogP contribution in [0, 0.1) is 16.7 Å². The molecule has 0 saturated heterocycles. The Kier molecular flexibility index (Phi) is 33.7. The molecule has 7 amide bonds. The molecule has 29 heteroatoms. The van der Waals surface area contributed by atoms with Gasteiger partial charge in [0.2, 0.25) is 23.6 Å². The predicted molar refractivity (Wildman–Crippen MR) is 391 cm³/mol. The second-order valence-corrected chi connectivity index (χ2v) is 28.1. The number of methoxy groups -OCH3 is 2. The highest BCUT2D eigenvalue weighted by molar-refractivity contribution is 6.07. The van der Waals surface area contributed by atoms with Gasteiger partial charge >= 0.3 is 6.09 Å². The Bertz CT molecular complexity index is 3450. The number of rotatable bonds is 47. The molecule has 0 spiro atoms. The lowest BCUT2D eigenvalue weighted by atomic mass is 9.76. The molecule has 0 aliphatic carbocycles.